The molecule has 0 aliphatic carbocycles. The molecule has 0 unspecified atom stereocenters. The van der Waals surface area contributed by atoms with E-state index < -0.39 is 10.9 Å². The number of carboxylic acid groups (broad SMARTS) is 1. The second-order valence-corrected chi connectivity index (χ2v) is 6.68. The lowest BCUT2D eigenvalue weighted by Crippen LogP contribution is -2.06. The van der Waals surface area contributed by atoms with Gasteiger partial charge >= 0.3 is 5.97 Å². The second-order valence-electron chi connectivity index (χ2n) is 6.68. The second kappa shape index (κ2) is 12.2. The van der Waals surface area contributed by atoms with Crippen LogP contribution in [0.1, 0.15) is 37.8 Å². The molecule has 0 aromatic heterocycles. The molecule has 2 aromatic carbocycles. The molecule has 2 rings (SSSR count). The molecular weight excluding hydrogens is 402 g/mol. The van der Waals surface area contributed by atoms with E-state index in [1.807, 2.05) is 0 Å². The first-order chi connectivity index (χ1) is 14.9. The fraction of sp³-hybridized carbons (Fsp3) is 0.348. The zero-order valence-electron chi connectivity index (χ0n) is 17.7. The maximum absolute atomic E-state index is 11.3. The summed E-state index contributed by atoms with van der Waals surface area (Å²) in [6.07, 6.45) is 3.87. The number of unbranched alkanes of at least 4 members (excludes halogenated alkanes) is 1. The molecule has 0 amide bonds. The van der Waals surface area contributed by atoms with Crippen LogP contribution in [0.15, 0.2) is 48.2 Å². The summed E-state index contributed by atoms with van der Waals surface area (Å²) in [7, 11) is 0. The number of rotatable bonds is 13. The average molecular weight is 429 g/mol. The Bertz CT molecular complexity index is 907. The molecule has 8 nitrogen and oxygen atoms in total. The third kappa shape index (κ3) is 7.65. The van der Waals surface area contributed by atoms with Gasteiger partial charge in [0.05, 0.1) is 24.7 Å². The normalized spacial score (nSPS) is 11.1. The molecular formula is C23H27NO7. The lowest BCUT2D eigenvalue weighted by molar-refractivity contribution is -0.384. The summed E-state index contributed by atoms with van der Waals surface area (Å²) in [5.41, 5.74) is 1.59. The van der Waals surface area contributed by atoms with Crippen LogP contribution in [0, 0.1) is 10.1 Å². The number of hydrogen-bond donors (Lipinski definition) is 1. The Hall–Kier alpha value is -3.55. The van der Waals surface area contributed by atoms with Crippen LogP contribution >= 0.6 is 0 Å². The molecule has 0 aliphatic rings. The van der Waals surface area contributed by atoms with Crippen LogP contribution in [0.4, 0.5) is 5.69 Å². The number of nitrogens with zero attached hydrogens (tertiary/aromatic N) is 1. The molecule has 2 aromatic rings. The molecule has 0 spiro atoms. The van der Waals surface area contributed by atoms with E-state index in [1.165, 1.54) is 18.2 Å². The molecule has 1 N–H and O–H groups in total. The number of carbonyl (C=O) groups is 1. The number of hydrogen-bond acceptors (Lipinski definition) is 6. The summed E-state index contributed by atoms with van der Waals surface area (Å²) >= 11 is 0. The highest BCUT2D eigenvalue weighted by atomic mass is 16.6. The summed E-state index contributed by atoms with van der Waals surface area (Å²) in [6.45, 7) is 4.90. The fourth-order valence-corrected chi connectivity index (χ4v) is 2.71. The van der Waals surface area contributed by atoms with Gasteiger partial charge in [0.15, 0.2) is 11.5 Å². The Morgan fingerprint density at radius 1 is 1.06 bits per heavy atom. The summed E-state index contributed by atoms with van der Waals surface area (Å²) in [4.78, 5) is 21.6. The van der Waals surface area contributed by atoms with Gasteiger partial charge in [-0.05, 0) is 42.7 Å². The van der Waals surface area contributed by atoms with Crippen LogP contribution in [-0.2, 0) is 16.0 Å². The molecule has 0 heterocycles. The third-order valence-electron chi connectivity index (χ3n) is 4.33. The zero-order chi connectivity index (χ0) is 22.6. The van der Waals surface area contributed by atoms with Crippen molar-refractivity contribution in [1.29, 1.82) is 0 Å². The van der Waals surface area contributed by atoms with Crippen molar-refractivity contribution in [2.45, 2.75) is 33.1 Å². The van der Waals surface area contributed by atoms with Crippen molar-refractivity contribution in [2.24, 2.45) is 0 Å². The van der Waals surface area contributed by atoms with Crippen molar-refractivity contribution < 1.29 is 29.0 Å². The number of non-ortho nitro benzene ring substituents is 1. The first-order valence-electron chi connectivity index (χ1n) is 10.1. The number of aliphatic carboxylic acids is 1. The van der Waals surface area contributed by atoms with Crippen molar-refractivity contribution >= 4 is 17.7 Å². The molecule has 31 heavy (non-hydrogen) atoms. The van der Waals surface area contributed by atoms with E-state index in [-0.39, 0.29) is 18.1 Å². The van der Waals surface area contributed by atoms with Crippen LogP contribution in [0.3, 0.4) is 0 Å². The smallest absolute Gasteiger partial charge is 0.371 e. The molecule has 0 saturated carbocycles. The van der Waals surface area contributed by atoms with Gasteiger partial charge in [0.1, 0.15) is 0 Å². The first kappa shape index (κ1) is 23.7. The Morgan fingerprint density at radius 2 is 1.77 bits per heavy atom. The van der Waals surface area contributed by atoms with E-state index in [0.717, 1.165) is 18.4 Å². The average Bonchev–Trinajstić information content (AvgIpc) is 2.75. The Balaban J connectivity index is 2.12. The summed E-state index contributed by atoms with van der Waals surface area (Å²) in [6, 6.07) is 11.5. The zero-order valence-corrected chi connectivity index (χ0v) is 17.7. The number of nitro groups is 1. The quantitative estimate of drug-likeness (QED) is 0.159. The minimum atomic E-state index is -1.14. The van der Waals surface area contributed by atoms with Gasteiger partial charge in [-0.1, -0.05) is 31.5 Å². The fourth-order valence-electron chi connectivity index (χ4n) is 2.71. The number of benzene rings is 2. The monoisotopic (exact) mass is 429 g/mol. The highest BCUT2D eigenvalue weighted by Gasteiger charge is 2.11. The van der Waals surface area contributed by atoms with E-state index in [1.54, 1.807) is 37.3 Å². The molecule has 0 atom stereocenters. The maximum Gasteiger partial charge on any atom is 0.371 e. The van der Waals surface area contributed by atoms with Gasteiger partial charge in [0, 0.05) is 18.6 Å². The molecule has 166 valence electrons. The van der Waals surface area contributed by atoms with E-state index in [0.29, 0.717) is 36.7 Å². The van der Waals surface area contributed by atoms with E-state index in [2.05, 4.69) is 6.92 Å². The van der Waals surface area contributed by atoms with Gasteiger partial charge in [-0.3, -0.25) is 10.1 Å². The first-order valence-corrected chi connectivity index (χ1v) is 10.1. The van der Waals surface area contributed by atoms with Gasteiger partial charge in [-0.15, -0.1) is 0 Å². The lowest BCUT2D eigenvalue weighted by atomic mass is 10.1. The van der Waals surface area contributed by atoms with Crippen molar-refractivity contribution in [3.05, 3.63) is 69.5 Å². The molecule has 8 heteroatoms. The van der Waals surface area contributed by atoms with Gasteiger partial charge < -0.3 is 19.3 Å². The molecule has 0 fully saturated rings. The van der Waals surface area contributed by atoms with E-state index in [9.17, 15) is 20.0 Å². The van der Waals surface area contributed by atoms with E-state index >= 15 is 0 Å². The van der Waals surface area contributed by atoms with Gasteiger partial charge in [-0.2, -0.15) is 0 Å². The SMILES string of the molecule is CCCCOc1cc(/C=C(\OCC)C(=O)O)ccc1OCCc1ccc([N+](=O)[O-])cc1. The predicted octanol–water partition coefficient (Wildman–Crippen LogP) is 4.86. The summed E-state index contributed by atoms with van der Waals surface area (Å²) in [5, 5.41) is 20.0. The summed E-state index contributed by atoms with van der Waals surface area (Å²) < 4.78 is 16.9. The van der Waals surface area contributed by atoms with Crippen molar-refractivity contribution in [2.75, 3.05) is 19.8 Å². The largest absolute Gasteiger partial charge is 0.490 e. The van der Waals surface area contributed by atoms with Gasteiger partial charge in [0.2, 0.25) is 5.76 Å². The van der Waals surface area contributed by atoms with Crippen LogP contribution in [-0.4, -0.2) is 35.8 Å². The molecule has 0 bridgehead atoms. The van der Waals surface area contributed by atoms with Crippen LogP contribution in [0.5, 0.6) is 11.5 Å². The molecule has 0 radical (unpaired) electrons. The van der Waals surface area contributed by atoms with Gasteiger partial charge in [0.25, 0.3) is 5.69 Å². The van der Waals surface area contributed by atoms with Gasteiger partial charge in [-0.25, -0.2) is 4.79 Å². The minimum absolute atomic E-state index is 0.0488. The highest BCUT2D eigenvalue weighted by Crippen LogP contribution is 2.30. The topological polar surface area (TPSA) is 108 Å². The van der Waals surface area contributed by atoms with Crippen LogP contribution < -0.4 is 9.47 Å². The minimum Gasteiger partial charge on any atom is -0.490 e. The van der Waals surface area contributed by atoms with Crippen molar-refractivity contribution in [1.82, 2.24) is 0 Å². The van der Waals surface area contributed by atoms with Crippen molar-refractivity contribution in [3.8, 4) is 11.5 Å². The Kier molecular flexibility index (Phi) is 9.35. The standard InChI is InChI=1S/C23H27NO7/c1-3-5-13-30-21-15-18(16-22(23(25)26)29-4-2)8-11-20(21)31-14-12-17-6-9-19(10-7-17)24(27)28/h6-11,15-16H,3-5,12-14H2,1-2H3,(H,25,26)/b22-16-. The van der Waals surface area contributed by atoms with Crippen LogP contribution in [0.2, 0.25) is 0 Å². The summed E-state index contributed by atoms with van der Waals surface area (Å²) in [5.74, 6) is -0.219. The number of nitro benzene ring substituents is 1. The van der Waals surface area contributed by atoms with Crippen molar-refractivity contribution in [3.63, 3.8) is 0 Å². The predicted molar refractivity (Wildman–Crippen MR) is 116 cm³/mol. The molecule has 0 saturated heterocycles. The lowest BCUT2D eigenvalue weighted by Gasteiger charge is -2.14. The third-order valence-corrected chi connectivity index (χ3v) is 4.33. The molecule has 0 aliphatic heterocycles. The van der Waals surface area contributed by atoms with Crippen LogP contribution in [0.25, 0.3) is 6.08 Å². The number of carboxylic acids is 1. The Morgan fingerprint density at radius 3 is 2.39 bits per heavy atom. The maximum atomic E-state index is 11.3. The van der Waals surface area contributed by atoms with E-state index in [4.69, 9.17) is 14.2 Å². The number of ether oxygens (including phenoxy) is 3. The Labute approximate surface area is 181 Å². The highest BCUT2D eigenvalue weighted by molar-refractivity contribution is 5.90.